The summed E-state index contributed by atoms with van der Waals surface area (Å²) in [6.07, 6.45) is 0. The van der Waals surface area contributed by atoms with Gasteiger partial charge in [-0.2, -0.15) is 0 Å². The Bertz CT molecular complexity index is 169. The third-order valence-electron chi connectivity index (χ3n) is 0.733. The summed E-state index contributed by atoms with van der Waals surface area (Å²) in [5, 5.41) is 7.76. The number of aliphatic hydroxyl groups is 1. The van der Waals surface area contributed by atoms with Crippen molar-refractivity contribution in [3.8, 4) is 0 Å². The van der Waals surface area contributed by atoms with Crippen molar-refractivity contribution in [3.05, 3.63) is 34.8 Å². The van der Waals surface area contributed by atoms with E-state index in [0.717, 1.165) is 4.47 Å². The topological polar surface area (TPSA) is 20.2 Å². The minimum Gasteiger partial charge on any atom is -0.397 e. The Morgan fingerprint density at radius 3 is 1.69 bits per heavy atom. The molecule has 1 rings (SSSR count). The van der Waals surface area contributed by atoms with Crippen molar-refractivity contribution in [1.29, 1.82) is 0 Å². The lowest BCUT2D eigenvalue weighted by Gasteiger charge is -1.80. The lowest BCUT2D eigenvalue weighted by atomic mass is 10.4. The smallest absolute Gasteiger partial charge is 0.0967 e. The molecule has 13 heavy (non-hydrogen) atoms. The monoisotopic (exact) mass is 286 g/mol. The van der Waals surface area contributed by atoms with Gasteiger partial charge in [-0.1, -0.05) is 34.1 Å². The minimum atomic E-state index is 0.194. The lowest BCUT2D eigenvalue weighted by Crippen LogP contribution is -1.57. The lowest BCUT2D eigenvalue weighted by molar-refractivity contribution is 0.318. The molecule has 0 aliphatic heterocycles. The van der Waals surface area contributed by atoms with E-state index >= 15 is 0 Å². The Balaban J connectivity index is 0. The first-order valence-corrected chi connectivity index (χ1v) is 5.52. The summed E-state index contributed by atoms with van der Waals surface area (Å²) in [6, 6.07) is 9.97. The standard InChI is InChI=1S/C6H5Br.C2H6O.CH2Cl2/c7-6-4-2-1-3-5-6;1-2-3;2-1-3/h1-5H;3H,2H2,1H3;1H2. The summed E-state index contributed by atoms with van der Waals surface area (Å²) in [5.41, 5.74) is 0. The molecular formula is C9H13BrCl2O. The Morgan fingerprint density at radius 1 is 1.23 bits per heavy atom. The van der Waals surface area contributed by atoms with E-state index in [1.54, 1.807) is 6.92 Å². The van der Waals surface area contributed by atoms with Crippen LogP contribution in [0, 0.1) is 0 Å². The van der Waals surface area contributed by atoms with E-state index in [-0.39, 0.29) is 11.9 Å². The van der Waals surface area contributed by atoms with Gasteiger partial charge in [0, 0.05) is 11.1 Å². The highest BCUT2D eigenvalue weighted by molar-refractivity contribution is 9.10. The molecule has 4 heteroatoms. The van der Waals surface area contributed by atoms with Gasteiger partial charge in [0.25, 0.3) is 0 Å². The normalized spacial score (nSPS) is 7.46. The highest BCUT2D eigenvalue weighted by atomic mass is 79.9. The summed E-state index contributed by atoms with van der Waals surface area (Å²) >= 11 is 12.8. The van der Waals surface area contributed by atoms with E-state index in [1.807, 2.05) is 30.3 Å². The molecule has 1 N–H and O–H groups in total. The van der Waals surface area contributed by atoms with Crippen molar-refractivity contribution >= 4 is 39.1 Å². The van der Waals surface area contributed by atoms with Crippen molar-refractivity contribution in [2.24, 2.45) is 0 Å². The summed E-state index contributed by atoms with van der Waals surface area (Å²) in [4.78, 5) is 0. The van der Waals surface area contributed by atoms with Crippen molar-refractivity contribution in [2.75, 3.05) is 11.9 Å². The summed E-state index contributed by atoms with van der Waals surface area (Å²) in [6.45, 7) is 1.93. The van der Waals surface area contributed by atoms with Crippen LogP contribution in [0.2, 0.25) is 0 Å². The maximum atomic E-state index is 7.57. The molecule has 0 atom stereocenters. The van der Waals surface area contributed by atoms with Crippen molar-refractivity contribution < 1.29 is 5.11 Å². The molecule has 0 heterocycles. The molecule has 76 valence electrons. The SMILES string of the molecule is Brc1ccccc1.CCO.ClCCl. The van der Waals surface area contributed by atoms with Crippen molar-refractivity contribution in [3.63, 3.8) is 0 Å². The van der Waals surface area contributed by atoms with Crippen molar-refractivity contribution in [1.82, 2.24) is 0 Å². The highest BCUT2D eigenvalue weighted by Crippen LogP contribution is 2.05. The molecule has 0 saturated carbocycles. The second-order valence-corrected chi connectivity index (χ2v) is 3.44. The van der Waals surface area contributed by atoms with E-state index in [0.29, 0.717) is 0 Å². The second kappa shape index (κ2) is 14.7. The van der Waals surface area contributed by atoms with Crippen LogP contribution in [0.1, 0.15) is 6.92 Å². The number of aliphatic hydroxyl groups excluding tert-OH is 1. The molecule has 1 nitrogen and oxygen atoms in total. The molecular weight excluding hydrogens is 275 g/mol. The van der Waals surface area contributed by atoms with E-state index < -0.39 is 0 Å². The fraction of sp³-hybridized carbons (Fsp3) is 0.333. The number of rotatable bonds is 0. The zero-order chi connectivity index (χ0) is 10.5. The first-order chi connectivity index (χ1) is 6.22. The number of alkyl halides is 2. The molecule has 0 aliphatic carbocycles. The number of halogens is 3. The van der Waals surface area contributed by atoms with E-state index in [4.69, 9.17) is 28.3 Å². The Labute approximate surface area is 97.8 Å². The number of hydrogen-bond donors (Lipinski definition) is 1. The third kappa shape index (κ3) is 18.9. The van der Waals surface area contributed by atoms with Crippen LogP contribution in [0.25, 0.3) is 0 Å². The average Bonchev–Trinajstić information content (AvgIpc) is 2.08. The quantitative estimate of drug-likeness (QED) is 0.718. The fourth-order valence-corrected chi connectivity index (χ4v) is 0.720. The van der Waals surface area contributed by atoms with Gasteiger partial charge >= 0.3 is 0 Å². The predicted molar refractivity (Wildman–Crippen MR) is 63.5 cm³/mol. The second-order valence-electron chi connectivity index (χ2n) is 1.71. The third-order valence-corrected chi connectivity index (χ3v) is 1.26. The Kier molecular flexibility index (Phi) is 17.8. The minimum absolute atomic E-state index is 0.194. The molecule has 0 bridgehead atoms. The van der Waals surface area contributed by atoms with Crippen LogP contribution in [0.3, 0.4) is 0 Å². The Morgan fingerprint density at radius 2 is 1.54 bits per heavy atom. The number of benzene rings is 1. The van der Waals surface area contributed by atoms with Gasteiger partial charge in [-0.15, -0.1) is 23.2 Å². The molecule has 1 aromatic carbocycles. The van der Waals surface area contributed by atoms with Gasteiger partial charge in [-0.3, -0.25) is 0 Å². The molecule has 0 amide bonds. The van der Waals surface area contributed by atoms with Crippen LogP contribution in [-0.4, -0.2) is 17.1 Å². The molecule has 0 aromatic heterocycles. The summed E-state index contributed by atoms with van der Waals surface area (Å²) in [5.74, 6) is 0. The van der Waals surface area contributed by atoms with Crippen LogP contribution in [-0.2, 0) is 0 Å². The zero-order valence-corrected chi connectivity index (χ0v) is 10.5. The molecule has 1 aromatic rings. The van der Waals surface area contributed by atoms with E-state index in [9.17, 15) is 0 Å². The van der Waals surface area contributed by atoms with Crippen LogP contribution >= 0.6 is 39.1 Å². The molecule has 0 aliphatic rings. The molecule has 0 radical (unpaired) electrons. The fourth-order valence-electron chi connectivity index (χ4n) is 0.415. The van der Waals surface area contributed by atoms with Gasteiger partial charge in [0.15, 0.2) is 0 Å². The van der Waals surface area contributed by atoms with Gasteiger partial charge in [0.05, 0.1) is 5.34 Å². The van der Waals surface area contributed by atoms with Crippen molar-refractivity contribution in [2.45, 2.75) is 6.92 Å². The summed E-state index contributed by atoms with van der Waals surface area (Å²) in [7, 11) is 0. The Hall–Kier alpha value is 0.240. The van der Waals surface area contributed by atoms with Crippen LogP contribution in [0.5, 0.6) is 0 Å². The van der Waals surface area contributed by atoms with Gasteiger partial charge in [-0.25, -0.2) is 0 Å². The van der Waals surface area contributed by atoms with Gasteiger partial charge in [0.2, 0.25) is 0 Å². The van der Waals surface area contributed by atoms with Gasteiger partial charge in [0.1, 0.15) is 0 Å². The maximum absolute atomic E-state index is 7.57. The van der Waals surface area contributed by atoms with Gasteiger partial charge in [-0.05, 0) is 19.1 Å². The summed E-state index contributed by atoms with van der Waals surface area (Å²) < 4.78 is 1.13. The molecule has 0 unspecified atom stereocenters. The first kappa shape index (κ1) is 15.7. The van der Waals surface area contributed by atoms with Crippen LogP contribution in [0.4, 0.5) is 0 Å². The molecule has 0 saturated heterocycles. The van der Waals surface area contributed by atoms with Crippen LogP contribution < -0.4 is 0 Å². The van der Waals surface area contributed by atoms with Crippen LogP contribution in [0.15, 0.2) is 34.8 Å². The molecule has 0 spiro atoms. The highest BCUT2D eigenvalue weighted by Gasteiger charge is 1.74. The van der Waals surface area contributed by atoms with Gasteiger partial charge < -0.3 is 5.11 Å². The largest absolute Gasteiger partial charge is 0.397 e. The zero-order valence-electron chi connectivity index (χ0n) is 7.38. The molecule has 0 fully saturated rings. The van der Waals surface area contributed by atoms with E-state index in [1.165, 1.54) is 0 Å². The average molecular weight is 288 g/mol. The number of hydrogen-bond acceptors (Lipinski definition) is 1. The van der Waals surface area contributed by atoms with E-state index in [2.05, 4.69) is 15.9 Å². The predicted octanol–water partition coefficient (Wildman–Crippen LogP) is 3.87. The first-order valence-electron chi connectivity index (χ1n) is 3.66. The maximum Gasteiger partial charge on any atom is 0.0967 e.